The van der Waals surface area contributed by atoms with E-state index in [1.54, 1.807) is 37.4 Å². The minimum absolute atomic E-state index is 0.00553. The number of benzene rings is 1. The summed E-state index contributed by atoms with van der Waals surface area (Å²) in [6.07, 6.45) is -3.94. The molecule has 27 heavy (non-hydrogen) atoms. The van der Waals surface area contributed by atoms with Crippen LogP contribution in [0.25, 0.3) is 0 Å². The zero-order chi connectivity index (χ0) is 20.2. The number of aryl methyl sites for hydroxylation is 2. The molecular formula is C18H18F3N3O3. The van der Waals surface area contributed by atoms with E-state index >= 15 is 0 Å². The molecule has 0 aliphatic heterocycles. The summed E-state index contributed by atoms with van der Waals surface area (Å²) in [5.74, 6) is -3.06. The third-order valence-electron chi connectivity index (χ3n) is 3.84. The van der Waals surface area contributed by atoms with Crippen LogP contribution in [0.2, 0.25) is 0 Å². The van der Waals surface area contributed by atoms with Gasteiger partial charge in [-0.25, -0.2) is 9.78 Å². The van der Waals surface area contributed by atoms with Crippen molar-refractivity contribution in [2.24, 2.45) is 0 Å². The SMILES string of the molecule is COC(=O)C(NC(=O)c1ccccc1C)(Nc1cc(C)ccn1)C(F)(F)F. The maximum atomic E-state index is 14.0. The molecule has 2 rings (SSSR count). The van der Waals surface area contributed by atoms with Crippen LogP contribution in [-0.4, -0.2) is 35.8 Å². The van der Waals surface area contributed by atoms with Crippen molar-refractivity contribution in [2.75, 3.05) is 12.4 Å². The lowest BCUT2D eigenvalue weighted by molar-refractivity contribution is -0.203. The molecule has 6 nitrogen and oxygen atoms in total. The minimum atomic E-state index is -5.22. The van der Waals surface area contributed by atoms with Crippen LogP contribution in [-0.2, 0) is 9.53 Å². The predicted octanol–water partition coefficient (Wildman–Crippen LogP) is 2.97. The lowest BCUT2D eigenvalue weighted by Crippen LogP contribution is -2.69. The third kappa shape index (κ3) is 4.18. The Morgan fingerprint density at radius 2 is 1.78 bits per heavy atom. The maximum absolute atomic E-state index is 14.0. The van der Waals surface area contributed by atoms with Crippen LogP contribution in [0.4, 0.5) is 19.0 Å². The summed E-state index contributed by atoms with van der Waals surface area (Å²) < 4.78 is 46.3. The first kappa shape index (κ1) is 20.2. The van der Waals surface area contributed by atoms with Crippen LogP contribution >= 0.6 is 0 Å². The van der Waals surface area contributed by atoms with Crippen molar-refractivity contribution >= 4 is 17.7 Å². The van der Waals surface area contributed by atoms with Gasteiger partial charge in [-0.3, -0.25) is 4.79 Å². The third-order valence-corrected chi connectivity index (χ3v) is 3.84. The number of alkyl halides is 3. The summed E-state index contributed by atoms with van der Waals surface area (Å²) in [6.45, 7) is 3.21. The summed E-state index contributed by atoms with van der Waals surface area (Å²) in [7, 11) is 0.800. The second kappa shape index (κ2) is 7.65. The van der Waals surface area contributed by atoms with E-state index in [0.717, 1.165) is 7.11 Å². The van der Waals surface area contributed by atoms with Gasteiger partial charge in [0.1, 0.15) is 5.82 Å². The van der Waals surface area contributed by atoms with Crippen molar-refractivity contribution in [3.8, 4) is 0 Å². The molecule has 9 heteroatoms. The number of anilines is 1. The van der Waals surface area contributed by atoms with Gasteiger partial charge in [0, 0.05) is 11.8 Å². The monoisotopic (exact) mass is 381 g/mol. The van der Waals surface area contributed by atoms with Gasteiger partial charge in [-0.2, -0.15) is 13.2 Å². The van der Waals surface area contributed by atoms with Crippen molar-refractivity contribution in [1.29, 1.82) is 0 Å². The highest BCUT2D eigenvalue weighted by molar-refractivity contribution is 6.00. The van der Waals surface area contributed by atoms with Crippen LogP contribution < -0.4 is 10.6 Å². The van der Waals surface area contributed by atoms with E-state index in [0.29, 0.717) is 11.1 Å². The second-order valence-electron chi connectivity index (χ2n) is 5.85. The first-order valence-corrected chi connectivity index (χ1v) is 7.85. The number of carbonyl (C=O) groups excluding carboxylic acids is 2. The van der Waals surface area contributed by atoms with Crippen LogP contribution in [0.5, 0.6) is 0 Å². The number of esters is 1. The quantitative estimate of drug-likeness (QED) is 0.615. The average Bonchev–Trinajstić information content (AvgIpc) is 2.59. The molecule has 2 aromatic rings. The summed E-state index contributed by atoms with van der Waals surface area (Å²) in [5, 5.41) is 3.76. The number of aromatic nitrogens is 1. The summed E-state index contributed by atoms with van der Waals surface area (Å²) in [5.41, 5.74) is -2.46. The Hall–Kier alpha value is -3.10. The minimum Gasteiger partial charge on any atom is -0.466 e. The van der Waals surface area contributed by atoms with Gasteiger partial charge < -0.3 is 15.4 Å². The Morgan fingerprint density at radius 3 is 2.33 bits per heavy atom. The van der Waals surface area contributed by atoms with E-state index in [-0.39, 0.29) is 11.4 Å². The molecule has 1 aromatic heterocycles. The second-order valence-corrected chi connectivity index (χ2v) is 5.85. The molecule has 1 unspecified atom stereocenters. The highest BCUT2D eigenvalue weighted by atomic mass is 19.4. The van der Waals surface area contributed by atoms with Crippen molar-refractivity contribution in [3.05, 3.63) is 59.3 Å². The number of methoxy groups -OCH3 is 1. The Kier molecular flexibility index (Phi) is 5.72. The summed E-state index contributed by atoms with van der Waals surface area (Å²) in [6, 6.07) is 8.95. The molecule has 1 heterocycles. The number of halogens is 3. The normalized spacial score (nSPS) is 13.4. The smallest absolute Gasteiger partial charge is 0.441 e. The fourth-order valence-corrected chi connectivity index (χ4v) is 2.41. The summed E-state index contributed by atoms with van der Waals surface area (Å²) in [4.78, 5) is 28.5. The average molecular weight is 381 g/mol. The van der Waals surface area contributed by atoms with E-state index in [1.165, 1.54) is 24.4 Å². The number of amides is 1. The number of nitrogens with zero attached hydrogens (tertiary/aromatic N) is 1. The number of hydrogen-bond donors (Lipinski definition) is 2. The molecule has 1 aromatic carbocycles. The van der Waals surface area contributed by atoms with Crippen molar-refractivity contribution in [2.45, 2.75) is 25.7 Å². The molecule has 0 saturated heterocycles. The molecule has 0 aliphatic carbocycles. The molecule has 0 saturated carbocycles. The van der Waals surface area contributed by atoms with Gasteiger partial charge in [0.15, 0.2) is 0 Å². The van der Waals surface area contributed by atoms with Gasteiger partial charge in [-0.15, -0.1) is 0 Å². The van der Waals surface area contributed by atoms with Gasteiger partial charge in [0.2, 0.25) is 0 Å². The van der Waals surface area contributed by atoms with E-state index in [1.807, 2.05) is 5.32 Å². The van der Waals surface area contributed by atoms with Crippen molar-refractivity contribution in [3.63, 3.8) is 0 Å². The van der Waals surface area contributed by atoms with Crippen LogP contribution in [0.3, 0.4) is 0 Å². The molecule has 0 spiro atoms. The van der Waals surface area contributed by atoms with Crippen molar-refractivity contribution in [1.82, 2.24) is 10.3 Å². The molecule has 0 fully saturated rings. The largest absolute Gasteiger partial charge is 0.466 e. The van der Waals surface area contributed by atoms with Gasteiger partial charge in [0.05, 0.1) is 7.11 Å². The number of hydrogen-bond acceptors (Lipinski definition) is 5. The number of ether oxygens (including phenoxy) is 1. The zero-order valence-corrected chi connectivity index (χ0v) is 14.8. The van der Waals surface area contributed by atoms with Gasteiger partial charge >= 0.3 is 17.8 Å². The van der Waals surface area contributed by atoms with Gasteiger partial charge in [-0.1, -0.05) is 18.2 Å². The first-order chi connectivity index (χ1) is 12.6. The molecule has 1 atom stereocenters. The Balaban J connectivity index is 2.52. The fourth-order valence-electron chi connectivity index (χ4n) is 2.41. The highest BCUT2D eigenvalue weighted by Gasteiger charge is 2.63. The molecule has 2 N–H and O–H groups in total. The Morgan fingerprint density at radius 1 is 1.11 bits per heavy atom. The van der Waals surface area contributed by atoms with Gasteiger partial charge in [-0.05, 0) is 43.2 Å². The lowest BCUT2D eigenvalue weighted by Gasteiger charge is -2.34. The first-order valence-electron chi connectivity index (χ1n) is 7.85. The van der Waals surface area contributed by atoms with Crippen LogP contribution in [0.1, 0.15) is 21.5 Å². The highest BCUT2D eigenvalue weighted by Crippen LogP contribution is 2.33. The Bertz CT molecular complexity index is 855. The zero-order valence-electron chi connectivity index (χ0n) is 14.8. The molecule has 0 radical (unpaired) electrons. The number of nitrogens with one attached hydrogen (secondary N) is 2. The van der Waals surface area contributed by atoms with Crippen LogP contribution in [0, 0.1) is 13.8 Å². The molecule has 1 amide bonds. The molecule has 0 aliphatic rings. The van der Waals surface area contributed by atoms with Gasteiger partial charge in [0.25, 0.3) is 5.91 Å². The molecular weight excluding hydrogens is 363 g/mol. The number of carbonyl (C=O) groups is 2. The lowest BCUT2D eigenvalue weighted by atomic mass is 10.1. The van der Waals surface area contributed by atoms with E-state index in [2.05, 4.69) is 9.72 Å². The van der Waals surface area contributed by atoms with Crippen molar-refractivity contribution < 1.29 is 27.5 Å². The van der Waals surface area contributed by atoms with E-state index in [9.17, 15) is 22.8 Å². The molecule has 144 valence electrons. The van der Waals surface area contributed by atoms with E-state index < -0.39 is 23.7 Å². The number of rotatable bonds is 5. The number of pyridine rings is 1. The summed E-state index contributed by atoms with van der Waals surface area (Å²) >= 11 is 0. The van der Waals surface area contributed by atoms with E-state index in [4.69, 9.17) is 0 Å². The Labute approximate surface area is 153 Å². The topological polar surface area (TPSA) is 80.3 Å². The standard InChI is InChI=1S/C18H18F3N3O3/c1-11-8-9-22-14(10-11)23-17(16(26)27-3,18(19,20)21)24-15(25)13-7-5-4-6-12(13)2/h4-10H,1-3H3,(H,22,23)(H,24,25). The molecule has 0 bridgehead atoms. The predicted molar refractivity (Wildman–Crippen MR) is 92.0 cm³/mol. The van der Waals surface area contributed by atoms with Crippen LogP contribution in [0.15, 0.2) is 42.6 Å². The fraction of sp³-hybridized carbons (Fsp3) is 0.278. The maximum Gasteiger partial charge on any atom is 0.441 e.